The summed E-state index contributed by atoms with van der Waals surface area (Å²) in [6.45, 7) is 7.32. The van der Waals surface area contributed by atoms with Gasteiger partial charge in [0.2, 0.25) is 5.91 Å². The highest BCUT2D eigenvalue weighted by molar-refractivity contribution is 6.05. The minimum atomic E-state index is -0.703. The lowest BCUT2D eigenvalue weighted by atomic mass is 9.81. The van der Waals surface area contributed by atoms with Crippen LogP contribution < -0.4 is 5.32 Å². The summed E-state index contributed by atoms with van der Waals surface area (Å²) in [5.74, 6) is -2.16. The molecule has 1 N–H and O–H groups in total. The van der Waals surface area contributed by atoms with E-state index in [1.54, 1.807) is 61.5 Å². The third-order valence-corrected chi connectivity index (χ3v) is 4.24. The van der Waals surface area contributed by atoms with E-state index in [9.17, 15) is 14.4 Å². The third-order valence-electron chi connectivity index (χ3n) is 4.24. The number of esters is 1. The highest BCUT2D eigenvalue weighted by Gasteiger charge is 2.37. The molecule has 2 atom stereocenters. The quantitative estimate of drug-likeness (QED) is 0.815. The molecule has 2 aromatic rings. The van der Waals surface area contributed by atoms with Crippen molar-refractivity contribution in [2.75, 3.05) is 0 Å². The van der Waals surface area contributed by atoms with E-state index in [0.717, 1.165) is 0 Å². The van der Waals surface area contributed by atoms with Gasteiger partial charge in [-0.05, 0) is 36.6 Å². The third kappa shape index (κ3) is 5.51. The molecule has 2 aromatic carbocycles. The van der Waals surface area contributed by atoms with Crippen molar-refractivity contribution in [3.05, 3.63) is 71.8 Å². The average molecular weight is 367 g/mol. The first-order valence-electron chi connectivity index (χ1n) is 8.86. The summed E-state index contributed by atoms with van der Waals surface area (Å²) in [6.07, 6.45) is -0.700. The van der Waals surface area contributed by atoms with Gasteiger partial charge >= 0.3 is 5.97 Å². The van der Waals surface area contributed by atoms with Crippen LogP contribution in [0.2, 0.25) is 0 Å². The molecule has 0 spiro atoms. The number of ether oxygens (including phenoxy) is 1. The molecule has 5 nitrogen and oxygen atoms in total. The van der Waals surface area contributed by atoms with Crippen LogP contribution in [0.1, 0.15) is 48.4 Å². The van der Waals surface area contributed by atoms with Gasteiger partial charge in [-0.15, -0.1) is 0 Å². The molecule has 2 amide bonds. The molecule has 0 radical (unpaired) electrons. The predicted molar refractivity (Wildman–Crippen MR) is 103 cm³/mol. The summed E-state index contributed by atoms with van der Waals surface area (Å²) in [5, 5.41) is 2.39. The van der Waals surface area contributed by atoms with Gasteiger partial charge in [0, 0.05) is 5.56 Å². The van der Waals surface area contributed by atoms with Gasteiger partial charge in [0.05, 0.1) is 11.5 Å². The zero-order valence-electron chi connectivity index (χ0n) is 16.1. The Morgan fingerprint density at radius 1 is 0.852 bits per heavy atom. The summed E-state index contributed by atoms with van der Waals surface area (Å²) in [4.78, 5) is 37.3. The second kappa shape index (κ2) is 8.62. The molecule has 0 aliphatic rings. The number of carbonyl (C=O) groups is 3. The Kier molecular flexibility index (Phi) is 6.50. The van der Waals surface area contributed by atoms with Gasteiger partial charge in [0.1, 0.15) is 6.10 Å². The molecule has 0 bridgehead atoms. The van der Waals surface area contributed by atoms with Crippen LogP contribution in [-0.4, -0.2) is 23.9 Å². The molecular formula is C22H25NO4. The van der Waals surface area contributed by atoms with E-state index in [1.165, 1.54) is 0 Å². The number of nitrogens with one attached hydrogen (secondary N) is 1. The van der Waals surface area contributed by atoms with Crippen molar-refractivity contribution in [1.82, 2.24) is 5.32 Å². The lowest BCUT2D eigenvalue weighted by molar-refractivity contribution is -0.130. The predicted octanol–water partition coefficient (Wildman–Crippen LogP) is 3.85. The van der Waals surface area contributed by atoms with Crippen LogP contribution in [-0.2, 0) is 9.53 Å². The molecule has 5 heteroatoms. The number of amides is 2. The van der Waals surface area contributed by atoms with E-state index < -0.39 is 35.2 Å². The van der Waals surface area contributed by atoms with E-state index in [1.807, 2.05) is 26.8 Å². The molecule has 0 fully saturated rings. The summed E-state index contributed by atoms with van der Waals surface area (Å²) in [6, 6.07) is 17.1. The summed E-state index contributed by atoms with van der Waals surface area (Å²) in [5.41, 5.74) is 0.322. The first kappa shape index (κ1) is 20.4. The Labute approximate surface area is 159 Å². The molecule has 2 rings (SSSR count). The van der Waals surface area contributed by atoms with Crippen molar-refractivity contribution in [3.8, 4) is 0 Å². The van der Waals surface area contributed by atoms with Gasteiger partial charge in [-0.25, -0.2) is 4.79 Å². The molecule has 0 unspecified atom stereocenters. The Morgan fingerprint density at radius 2 is 1.33 bits per heavy atom. The first-order chi connectivity index (χ1) is 12.7. The number of carbonyl (C=O) groups excluding carboxylic acids is 3. The van der Waals surface area contributed by atoms with Crippen molar-refractivity contribution in [1.29, 1.82) is 0 Å². The van der Waals surface area contributed by atoms with Crippen LogP contribution in [0.5, 0.6) is 0 Å². The fourth-order valence-corrected chi connectivity index (χ4v) is 2.81. The van der Waals surface area contributed by atoms with Gasteiger partial charge in [-0.3, -0.25) is 14.9 Å². The standard InChI is InChI=1S/C22H25NO4/c1-15(19(24)23-20(25)16-11-7-5-8-12-16)18(22(2,3)4)27-21(26)17-13-9-6-10-14-17/h5-15,18H,1-4H3,(H,23,24,25)/t15-,18+/m0/s1. The van der Waals surface area contributed by atoms with Crippen molar-refractivity contribution < 1.29 is 19.1 Å². The Hall–Kier alpha value is -2.95. The largest absolute Gasteiger partial charge is 0.457 e. The number of benzene rings is 2. The summed E-state index contributed by atoms with van der Waals surface area (Å²) in [7, 11) is 0. The highest BCUT2D eigenvalue weighted by Crippen LogP contribution is 2.29. The molecule has 0 aliphatic heterocycles. The first-order valence-corrected chi connectivity index (χ1v) is 8.86. The van der Waals surface area contributed by atoms with E-state index in [-0.39, 0.29) is 0 Å². The Bertz CT molecular complexity index is 794. The van der Waals surface area contributed by atoms with Crippen molar-refractivity contribution in [2.45, 2.75) is 33.8 Å². The van der Waals surface area contributed by atoms with Crippen LogP contribution in [0, 0.1) is 11.3 Å². The number of rotatable bonds is 5. The molecule has 0 saturated heterocycles. The van der Waals surface area contributed by atoms with Crippen molar-refractivity contribution in [2.24, 2.45) is 11.3 Å². The normalized spacial score (nSPS) is 13.3. The molecule has 142 valence electrons. The minimum Gasteiger partial charge on any atom is -0.457 e. The van der Waals surface area contributed by atoms with Crippen molar-refractivity contribution in [3.63, 3.8) is 0 Å². The van der Waals surface area contributed by atoms with E-state index in [0.29, 0.717) is 11.1 Å². The van der Waals surface area contributed by atoms with E-state index in [2.05, 4.69) is 5.32 Å². The monoisotopic (exact) mass is 367 g/mol. The van der Waals surface area contributed by atoms with E-state index >= 15 is 0 Å². The molecule has 0 heterocycles. The van der Waals surface area contributed by atoms with Gasteiger partial charge in [-0.2, -0.15) is 0 Å². The van der Waals surface area contributed by atoms with Crippen molar-refractivity contribution >= 4 is 17.8 Å². The van der Waals surface area contributed by atoms with Crippen LogP contribution >= 0.6 is 0 Å². The Morgan fingerprint density at radius 3 is 1.81 bits per heavy atom. The highest BCUT2D eigenvalue weighted by atomic mass is 16.5. The zero-order valence-corrected chi connectivity index (χ0v) is 16.1. The van der Waals surface area contributed by atoms with Crippen LogP contribution in [0.15, 0.2) is 60.7 Å². The SMILES string of the molecule is C[C@H](C(=O)NC(=O)c1ccccc1)[C@@H](OC(=O)c1ccccc1)C(C)(C)C. The number of imide groups is 1. The lowest BCUT2D eigenvalue weighted by Crippen LogP contribution is -2.46. The molecule has 27 heavy (non-hydrogen) atoms. The van der Waals surface area contributed by atoms with Crippen LogP contribution in [0.3, 0.4) is 0 Å². The maximum atomic E-state index is 12.6. The van der Waals surface area contributed by atoms with Gasteiger partial charge in [0.15, 0.2) is 0 Å². The second-order valence-corrected chi connectivity index (χ2v) is 7.53. The maximum absolute atomic E-state index is 12.6. The van der Waals surface area contributed by atoms with Gasteiger partial charge in [0.25, 0.3) is 5.91 Å². The smallest absolute Gasteiger partial charge is 0.338 e. The second-order valence-electron chi connectivity index (χ2n) is 7.53. The fourth-order valence-electron chi connectivity index (χ4n) is 2.81. The van der Waals surface area contributed by atoms with E-state index in [4.69, 9.17) is 4.74 Å². The van der Waals surface area contributed by atoms with Crippen LogP contribution in [0.25, 0.3) is 0 Å². The number of hydrogen-bond donors (Lipinski definition) is 1. The zero-order chi connectivity index (χ0) is 20.0. The molecular weight excluding hydrogens is 342 g/mol. The topological polar surface area (TPSA) is 72.5 Å². The average Bonchev–Trinajstić information content (AvgIpc) is 2.65. The summed E-state index contributed by atoms with van der Waals surface area (Å²) < 4.78 is 5.66. The maximum Gasteiger partial charge on any atom is 0.338 e. The summed E-state index contributed by atoms with van der Waals surface area (Å²) >= 11 is 0. The molecule has 0 saturated carbocycles. The fraction of sp³-hybridized carbons (Fsp3) is 0.318. The number of hydrogen-bond acceptors (Lipinski definition) is 4. The molecule has 0 aliphatic carbocycles. The van der Waals surface area contributed by atoms with Gasteiger partial charge < -0.3 is 4.74 Å². The molecule has 0 aromatic heterocycles. The Balaban J connectivity index is 2.12. The van der Waals surface area contributed by atoms with Gasteiger partial charge in [-0.1, -0.05) is 57.2 Å². The van der Waals surface area contributed by atoms with Crippen LogP contribution in [0.4, 0.5) is 0 Å². The lowest BCUT2D eigenvalue weighted by Gasteiger charge is -2.34. The minimum absolute atomic E-state index is 0.395.